The van der Waals surface area contributed by atoms with E-state index in [4.69, 9.17) is 0 Å². The van der Waals surface area contributed by atoms with Gasteiger partial charge in [-0.1, -0.05) is 130 Å². The monoisotopic (exact) mass is 889 g/mol. The predicted molar refractivity (Wildman–Crippen MR) is 248 cm³/mol. The Kier molecular flexibility index (Phi) is 17.3. The molecule has 12 nitrogen and oxygen atoms in total. The highest BCUT2D eigenvalue weighted by Gasteiger charge is 2.37. The first-order chi connectivity index (χ1) is 30.7. The molecule has 12 heteroatoms. The minimum Gasteiger partial charge on any atom is -0.504 e. The fourth-order valence-electron chi connectivity index (χ4n) is 9.90. The second-order valence-corrected chi connectivity index (χ2v) is 18.0. The Labute approximate surface area is 377 Å². The Morgan fingerprint density at radius 1 is 0.234 bits per heavy atom. The van der Waals surface area contributed by atoms with Gasteiger partial charge in [-0.15, -0.1) is 0 Å². The summed E-state index contributed by atoms with van der Waals surface area (Å²) in [5.41, 5.74) is 0.683. The van der Waals surface area contributed by atoms with Crippen molar-refractivity contribution in [2.24, 2.45) is 0 Å². The number of benzene rings is 4. The molecule has 4 aromatic rings. The lowest BCUT2D eigenvalue weighted by Crippen LogP contribution is -2.12. The zero-order valence-corrected chi connectivity index (χ0v) is 38.1. The van der Waals surface area contributed by atoms with Crippen LogP contribution in [0.3, 0.4) is 0 Å². The molecule has 0 aromatic heterocycles. The van der Waals surface area contributed by atoms with E-state index in [2.05, 4.69) is 27.7 Å². The van der Waals surface area contributed by atoms with Gasteiger partial charge >= 0.3 is 0 Å². The molecule has 4 aromatic carbocycles. The molecule has 0 atom stereocenters. The van der Waals surface area contributed by atoms with Crippen LogP contribution < -0.4 is 0 Å². The van der Waals surface area contributed by atoms with Crippen LogP contribution in [0.25, 0.3) is 0 Å². The van der Waals surface area contributed by atoms with Gasteiger partial charge in [0, 0.05) is 68.2 Å². The predicted octanol–water partition coefficient (Wildman–Crippen LogP) is 12.9. The van der Waals surface area contributed by atoms with Gasteiger partial charge in [0.2, 0.25) is 23.0 Å². The highest BCUT2D eigenvalue weighted by molar-refractivity contribution is 5.70. The van der Waals surface area contributed by atoms with Crippen molar-refractivity contribution in [3.05, 3.63) is 68.8 Å². The van der Waals surface area contributed by atoms with Crippen LogP contribution in [-0.4, -0.2) is 61.3 Å². The lowest BCUT2D eigenvalue weighted by atomic mass is 9.76. The van der Waals surface area contributed by atoms with Gasteiger partial charge in [0.25, 0.3) is 0 Å². The molecule has 0 saturated carbocycles. The molecule has 352 valence electrons. The maximum Gasteiger partial charge on any atom is 0.200 e. The summed E-state index contributed by atoms with van der Waals surface area (Å²) >= 11 is 0. The molecule has 8 bridgehead atoms. The van der Waals surface area contributed by atoms with Crippen molar-refractivity contribution in [3.63, 3.8) is 0 Å². The van der Waals surface area contributed by atoms with Gasteiger partial charge in [-0.3, -0.25) is 0 Å². The molecule has 0 amide bonds. The molecule has 0 spiro atoms. The molecule has 0 fully saturated rings. The van der Waals surface area contributed by atoms with Crippen molar-refractivity contribution in [1.82, 2.24) is 0 Å². The molecule has 0 radical (unpaired) electrons. The third-order valence-corrected chi connectivity index (χ3v) is 13.6. The zero-order valence-electron chi connectivity index (χ0n) is 38.1. The van der Waals surface area contributed by atoms with Gasteiger partial charge in [-0.05, 0) is 49.9 Å². The van der Waals surface area contributed by atoms with E-state index < -0.39 is 92.7 Å². The summed E-state index contributed by atoms with van der Waals surface area (Å²) in [7, 11) is 0. The van der Waals surface area contributed by atoms with Gasteiger partial charge in [0.15, 0.2) is 46.0 Å². The van der Waals surface area contributed by atoms with Gasteiger partial charge in [-0.2, -0.15) is 0 Å². The van der Waals surface area contributed by atoms with Crippen LogP contribution in [0.4, 0.5) is 0 Å². The first kappa shape index (κ1) is 49.5. The maximum atomic E-state index is 11.8. The molecule has 0 saturated heterocycles. The number of phenolic OH excluding ortho intramolecular Hbond substituents is 12. The summed E-state index contributed by atoms with van der Waals surface area (Å²) in [5.74, 6) is -12.6. The fourth-order valence-corrected chi connectivity index (χ4v) is 9.90. The topological polar surface area (TPSA) is 243 Å². The number of unbranched alkanes of at least 4 members (excludes halogenated alkanes) is 12. The largest absolute Gasteiger partial charge is 0.504 e. The average Bonchev–Trinajstić information content (AvgIpc) is 3.28. The number of aromatic hydroxyl groups is 12. The fraction of sp³-hybridized carbons (Fsp3) is 0.538. The number of fused-ring (bicyclic) bond motifs is 8. The second-order valence-electron chi connectivity index (χ2n) is 18.0. The lowest BCUT2D eigenvalue weighted by Gasteiger charge is -2.30. The molecule has 5 rings (SSSR count). The Morgan fingerprint density at radius 3 is 0.531 bits per heavy atom. The maximum absolute atomic E-state index is 11.8. The molecule has 12 N–H and O–H groups in total. The van der Waals surface area contributed by atoms with Crippen LogP contribution in [0.5, 0.6) is 69.0 Å². The minimum atomic E-state index is -0.969. The minimum absolute atomic E-state index is 0.0854. The summed E-state index contributed by atoms with van der Waals surface area (Å²) < 4.78 is 0. The standard InChI is InChI=1S/C52H72O12/c1-5-9-13-17-21-29-33-25-35(43(55)49(61)41(33)53)30(22-18-14-10-6-2)37-27-39(47(59)51(63)45(37)57)32(24-20-16-12-8-4)40-28-38(46(58)52(64)48(40)60)31(23-19-15-11-7-3)36-26-34(29)42(54)50(62)44(36)56/h25-32,53-64H,5-24H2,1-4H3. The van der Waals surface area contributed by atoms with E-state index in [0.29, 0.717) is 25.7 Å². The van der Waals surface area contributed by atoms with Gasteiger partial charge in [0.1, 0.15) is 0 Å². The third-order valence-electron chi connectivity index (χ3n) is 13.6. The second kappa shape index (κ2) is 22.4. The van der Waals surface area contributed by atoms with E-state index in [1.165, 1.54) is 24.3 Å². The quantitative estimate of drug-likeness (QED) is 0.0293. The van der Waals surface area contributed by atoms with Crippen molar-refractivity contribution in [2.75, 3.05) is 0 Å². The highest BCUT2D eigenvalue weighted by atomic mass is 16.3. The summed E-state index contributed by atoms with van der Waals surface area (Å²) in [4.78, 5) is 0. The number of rotatable bonds is 20. The molecule has 64 heavy (non-hydrogen) atoms. The Morgan fingerprint density at radius 2 is 0.391 bits per heavy atom. The lowest BCUT2D eigenvalue weighted by molar-refractivity contribution is 0.347. The summed E-state index contributed by atoms with van der Waals surface area (Å²) in [6.45, 7) is 8.22. The molecular weight excluding hydrogens is 817 g/mol. The molecule has 0 heterocycles. The van der Waals surface area contributed by atoms with Crippen molar-refractivity contribution < 1.29 is 61.3 Å². The first-order valence-corrected chi connectivity index (χ1v) is 23.8. The molecule has 0 unspecified atom stereocenters. The molecule has 1 aliphatic carbocycles. The SMILES string of the molecule is CCCCCCC1c2cc(c(O)c(O)c2O)C(CCCCCC)c2cc(c(O)c(O)c2O)C(CCCCCC)c2cc(c(O)c(O)c2O)C(CCCCCC)c2cc1c(O)c(O)c2O. The molecular formula is C52H72O12. The highest BCUT2D eigenvalue weighted by Crippen LogP contribution is 2.59. The third kappa shape index (κ3) is 10.2. The van der Waals surface area contributed by atoms with E-state index in [1.54, 1.807) is 0 Å². The van der Waals surface area contributed by atoms with E-state index in [1.807, 2.05) is 0 Å². The summed E-state index contributed by atoms with van der Waals surface area (Å²) in [6, 6.07) is 6.06. The summed E-state index contributed by atoms with van der Waals surface area (Å²) in [5, 5.41) is 141. The van der Waals surface area contributed by atoms with Crippen LogP contribution in [-0.2, 0) is 0 Å². The van der Waals surface area contributed by atoms with Crippen LogP contribution in [0.1, 0.15) is 224 Å². The average molecular weight is 889 g/mol. The van der Waals surface area contributed by atoms with E-state index in [9.17, 15) is 61.3 Å². The van der Waals surface area contributed by atoms with Gasteiger partial charge in [-0.25, -0.2) is 0 Å². The van der Waals surface area contributed by atoms with Crippen molar-refractivity contribution in [1.29, 1.82) is 0 Å². The zero-order chi connectivity index (χ0) is 46.8. The van der Waals surface area contributed by atoms with Crippen LogP contribution in [0.2, 0.25) is 0 Å². The molecule has 0 aliphatic heterocycles. The van der Waals surface area contributed by atoms with Gasteiger partial charge < -0.3 is 61.3 Å². The van der Waals surface area contributed by atoms with E-state index >= 15 is 0 Å². The van der Waals surface area contributed by atoms with Crippen LogP contribution in [0.15, 0.2) is 24.3 Å². The van der Waals surface area contributed by atoms with Crippen molar-refractivity contribution >= 4 is 0 Å². The smallest absolute Gasteiger partial charge is 0.200 e. The van der Waals surface area contributed by atoms with Crippen LogP contribution in [0, 0.1) is 0 Å². The molecule has 1 aliphatic rings. The van der Waals surface area contributed by atoms with Crippen LogP contribution >= 0.6 is 0 Å². The Hall–Kier alpha value is -5.52. The Bertz CT molecular complexity index is 1790. The first-order valence-electron chi connectivity index (χ1n) is 23.8. The number of hydrogen-bond donors (Lipinski definition) is 12. The van der Waals surface area contributed by atoms with Crippen molar-refractivity contribution in [2.45, 2.75) is 180 Å². The van der Waals surface area contributed by atoms with E-state index in [-0.39, 0.29) is 70.2 Å². The number of hydrogen-bond acceptors (Lipinski definition) is 12. The van der Waals surface area contributed by atoms with E-state index in [0.717, 1.165) is 77.0 Å². The normalized spacial score (nSPS) is 17.2. The van der Waals surface area contributed by atoms with Gasteiger partial charge in [0.05, 0.1) is 0 Å². The number of phenols is 12. The van der Waals surface area contributed by atoms with Crippen molar-refractivity contribution in [3.8, 4) is 69.0 Å². The summed E-state index contributed by atoms with van der Waals surface area (Å²) in [6.07, 6.45) is 13.5. The Balaban J connectivity index is 2.00.